The SMILES string of the molecule is O=C(O)CN1C(=O)S/C(=C\c2ccc(-c3ccc(Cl)c(Cl)c3)o2)C1=O. The van der Waals surface area contributed by atoms with Crippen molar-refractivity contribution in [2.75, 3.05) is 6.54 Å². The molecule has 1 aliphatic heterocycles. The third-order valence-electron chi connectivity index (χ3n) is 3.27. The van der Waals surface area contributed by atoms with E-state index in [1.807, 2.05) is 0 Å². The average Bonchev–Trinajstić information content (AvgIpc) is 3.11. The molecule has 1 N–H and O–H groups in total. The van der Waals surface area contributed by atoms with Gasteiger partial charge in [0.25, 0.3) is 11.1 Å². The molecule has 0 radical (unpaired) electrons. The fourth-order valence-electron chi connectivity index (χ4n) is 2.14. The third kappa shape index (κ3) is 3.73. The van der Waals surface area contributed by atoms with Gasteiger partial charge in [0.1, 0.15) is 18.1 Å². The standard InChI is InChI=1S/C16H9Cl2NO5S/c17-10-3-1-8(5-11(10)18)12-4-2-9(24-12)6-13-15(22)19(7-14(20)21)16(23)25-13/h1-6H,7H2,(H,20,21)/b13-6-. The molecule has 1 fully saturated rings. The summed E-state index contributed by atoms with van der Waals surface area (Å²) in [6.45, 7) is -0.672. The predicted octanol–water partition coefficient (Wildman–Crippen LogP) is 4.37. The van der Waals surface area contributed by atoms with Crippen molar-refractivity contribution >= 4 is 58.2 Å². The minimum atomic E-state index is -1.26. The van der Waals surface area contributed by atoms with Gasteiger partial charge >= 0.3 is 5.97 Å². The van der Waals surface area contributed by atoms with Gasteiger partial charge in [-0.1, -0.05) is 23.2 Å². The number of carbonyl (C=O) groups excluding carboxylic acids is 2. The number of thioether (sulfide) groups is 1. The number of rotatable bonds is 4. The summed E-state index contributed by atoms with van der Waals surface area (Å²) in [6.07, 6.45) is 1.40. The minimum absolute atomic E-state index is 0.0984. The number of halogens is 2. The number of benzene rings is 1. The quantitative estimate of drug-likeness (QED) is 0.770. The van der Waals surface area contributed by atoms with Crippen molar-refractivity contribution in [2.45, 2.75) is 0 Å². The largest absolute Gasteiger partial charge is 0.480 e. The zero-order chi connectivity index (χ0) is 18.1. The molecule has 1 aliphatic rings. The maximum absolute atomic E-state index is 12.1. The van der Waals surface area contributed by atoms with Gasteiger partial charge in [-0.15, -0.1) is 0 Å². The zero-order valence-electron chi connectivity index (χ0n) is 12.4. The van der Waals surface area contributed by atoms with Gasteiger partial charge in [-0.25, -0.2) is 0 Å². The molecule has 0 bridgehead atoms. The van der Waals surface area contributed by atoms with Crippen LogP contribution < -0.4 is 0 Å². The summed E-state index contributed by atoms with van der Waals surface area (Å²) in [5.74, 6) is -1.06. The summed E-state index contributed by atoms with van der Waals surface area (Å²) < 4.78 is 5.64. The van der Waals surface area contributed by atoms with Crippen molar-refractivity contribution in [3.63, 3.8) is 0 Å². The molecule has 0 saturated carbocycles. The number of imide groups is 1. The monoisotopic (exact) mass is 397 g/mol. The Bertz CT molecular complexity index is 921. The highest BCUT2D eigenvalue weighted by Gasteiger charge is 2.36. The number of carboxylic acids is 1. The van der Waals surface area contributed by atoms with Crippen molar-refractivity contribution in [3.8, 4) is 11.3 Å². The Balaban J connectivity index is 1.84. The topological polar surface area (TPSA) is 87.8 Å². The first-order valence-electron chi connectivity index (χ1n) is 6.87. The van der Waals surface area contributed by atoms with Gasteiger partial charge < -0.3 is 9.52 Å². The van der Waals surface area contributed by atoms with E-state index in [1.165, 1.54) is 6.08 Å². The lowest BCUT2D eigenvalue weighted by Crippen LogP contribution is -2.33. The summed E-state index contributed by atoms with van der Waals surface area (Å²) in [5, 5.41) is 8.92. The minimum Gasteiger partial charge on any atom is -0.480 e. The van der Waals surface area contributed by atoms with E-state index >= 15 is 0 Å². The van der Waals surface area contributed by atoms with Crippen LogP contribution in [0.25, 0.3) is 17.4 Å². The maximum Gasteiger partial charge on any atom is 0.323 e. The van der Waals surface area contributed by atoms with E-state index in [1.54, 1.807) is 30.3 Å². The Kier molecular flexibility index (Phi) is 4.89. The summed E-state index contributed by atoms with van der Waals surface area (Å²) in [6, 6.07) is 8.33. The summed E-state index contributed by atoms with van der Waals surface area (Å²) in [7, 11) is 0. The van der Waals surface area contributed by atoms with E-state index in [-0.39, 0.29) is 4.91 Å². The van der Waals surface area contributed by atoms with Gasteiger partial charge in [0.05, 0.1) is 15.0 Å². The van der Waals surface area contributed by atoms with Crippen molar-refractivity contribution in [1.82, 2.24) is 4.90 Å². The summed E-state index contributed by atoms with van der Waals surface area (Å²) in [4.78, 5) is 35.3. The lowest BCUT2D eigenvalue weighted by atomic mass is 10.2. The highest BCUT2D eigenvalue weighted by atomic mass is 35.5. The van der Waals surface area contributed by atoms with Crippen LogP contribution >= 0.6 is 35.0 Å². The number of nitrogens with zero attached hydrogens (tertiary/aromatic N) is 1. The Hall–Kier alpha value is -2.22. The predicted molar refractivity (Wildman–Crippen MR) is 94.5 cm³/mol. The van der Waals surface area contributed by atoms with Gasteiger partial charge in [-0.05, 0) is 42.1 Å². The Morgan fingerprint density at radius 1 is 1.20 bits per heavy atom. The van der Waals surface area contributed by atoms with Crippen LogP contribution in [0.1, 0.15) is 5.76 Å². The lowest BCUT2D eigenvalue weighted by molar-refractivity contribution is -0.140. The molecule has 128 valence electrons. The van der Waals surface area contributed by atoms with Crippen LogP contribution in [0.15, 0.2) is 39.7 Å². The Labute approximate surface area is 156 Å². The average molecular weight is 398 g/mol. The third-order valence-corrected chi connectivity index (χ3v) is 4.92. The zero-order valence-corrected chi connectivity index (χ0v) is 14.7. The fourth-order valence-corrected chi connectivity index (χ4v) is 3.25. The molecule has 9 heteroatoms. The smallest absolute Gasteiger partial charge is 0.323 e. The molecule has 0 spiro atoms. The van der Waals surface area contributed by atoms with Crippen LogP contribution in [0.5, 0.6) is 0 Å². The van der Waals surface area contributed by atoms with E-state index in [0.717, 1.165) is 0 Å². The summed E-state index contributed by atoms with van der Waals surface area (Å²) >= 11 is 12.5. The van der Waals surface area contributed by atoms with Crippen LogP contribution in [0.4, 0.5) is 4.79 Å². The van der Waals surface area contributed by atoms with Crippen molar-refractivity contribution < 1.29 is 23.9 Å². The number of amides is 2. The summed E-state index contributed by atoms with van der Waals surface area (Å²) in [5.41, 5.74) is 0.702. The molecule has 1 aromatic heterocycles. The number of hydrogen-bond donors (Lipinski definition) is 1. The highest BCUT2D eigenvalue weighted by Crippen LogP contribution is 2.34. The number of aliphatic carboxylic acids is 1. The number of carbonyl (C=O) groups is 3. The van der Waals surface area contributed by atoms with E-state index in [9.17, 15) is 14.4 Å². The van der Waals surface area contributed by atoms with Crippen LogP contribution in [0.2, 0.25) is 10.0 Å². The van der Waals surface area contributed by atoms with Gasteiger partial charge in [-0.2, -0.15) is 0 Å². The number of carboxylic acid groups (broad SMARTS) is 1. The molecule has 0 unspecified atom stereocenters. The highest BCUT2D eigenvalue weighted by molar-refractivity contribution is 8.18. The first-order chi connectivity index (χ1) is 11.8. The molecule has 0 aliphatic carbocycles. The van der Waals surface area contributed by atoms with Crippen LogP contribution in [0, 0.1) is 0 Å². The molecule has 1 aromatic carbocycles. The van der Waals surface area contributed by atoms with Gasteiger partial charge in [0.2, 0.25) is 0 Å². The molecule has 6 nitrogen and oxygen atoms in total. The molecule has 3 rings (SSSR count). The second-order valence-corrected chi connectivity index (χ2v) is 6.80. The van der Waals surface area contributed by atoms with E-state index in [4.69, 9.17) is 32.7 Å². The van der Waals surface area contributed by atoms with E-state index in [2.05, 4.69) is 0 Å². The molecular formula is C16H9Cl2NO5S. The van der Waals surface area contributed by atoms with Gasteiger partial charge in [0.15, 0.2) is 0 Å². The second-order valence-electron chi connectivity index (χ2n) is 4.99. The Morgan fingerprint density at radius 2 is 1.96 bits per heavy atom. The Morgan fingerprint density at radius 3 is 2.64 bits per heavy atom. The van der Waals surface area contributed by atoms with Gasteiger partial charge in [0, 0.05) is 11.6 Å². The molecule has 2 aromatic rings. The van der Waals surface area contributed by atoms with E-state index in [0.29, 0.717) is 43.8 Å². The molecule has 1 saturated heterocycles. The van der Waals surface area contributed by atoms with Crippen LogP contribution in [0.3, 0.4) is 0 Å². The fraction of sp³-hybridized carbons (Fsp3) is 0.0625. The molecule has 0 atom stereocenters. The lowest BCUT2D eigenvalue weighted by Gasteiger charge is -2.07. The van der Waals surface area contributed by atoms with E-state index < -0.39 is 23.7 Å². The second kappa shape index (κ2) is 6.95. The number of furan rings is 1. The molecule has 2 heterocycles. The normalized spacial score (nSPS) is 16.1. The molecule has 25 heavy (non-hydrogen) atoms. The first kappa shape index (κ1) is 17.6. The van der Waals surface area contributed by atoms with Crippen molar-refractivity contribution in [2.24, 2.45) is 0 Å². The first-order valence-corrected chi connectivity index (χ1v) is 8.45. The molecule has 2 amide bonds. The maximum atomic E-state index is 12.1. The van der Waals surface area contributed by atoms with Crippen LogP contribution in [-0.4, -0.2) is 33.7 Å². The van der Waals surface area contributed by atoms with Gasteiger partial charge in [-0.3, -0.25) is 19.3 Å². The van der Waals surface area contributed by atoms with Crippen molar-refractivity contribution in [1.29, 1.82) is 0 Å². The van der Waals surface area contributed by atoms with Crippen molar-refractivity contribution in [3.05, 3.63) is 51.0 Å². The van der Waals surface area contributed by atoms with Crippen LogP contribution in [-0.2, 0) is 9.59 Å². The number of hydrogen-bond acceptors (Lipinski definition) is 5. The molecular weight excluding hydrogens is 389 g/mol.